The first-order valence-electron chi connectivity index (χ1n) is 7.11. The number of carbonyl (C=O) groups excluding carboxylic acids is 1. The number of aromatic nitrogens is 5. The Labute approximate surface area is 126 Å². The number of anilines is 1. The molecule has 2 N–H and O–H groups in total. The third-order valence-electron chi connectivity index (χ3n) is 4.00. The van der Waals surface area contributed by atoms with Gasteiger partial charge in [0, 0.05) is 25.5 Å². The van der Waals surface area contributed by atoms with Crippen LogP contribution in [-0.4, -0.2) is 43.4 Å². The van der Waals surface area contributed by atoms with Crippen molar-refractivity contribution in [3.05, 3.63) is 42.4 Å². The van der Waals surface area contributed by atoms with Crippen molar-refractivity contribution in [2.45, 2.75) is 12.5 Å². The summed E-state index contributed by atoms with van der Waals surface area (Å²) >= 11 is 0. The third kappa shape index (κ3) is 2.00. The average Bonchev–Trinajstić information content (AvgIpc) is 3.25. The summed E-state index contributed by atoms with van der Waals surface area (Å²) in [6, 6.07) is 6.02. The fraction of sp³-hybridized carbons (Fsp3) is 0.286. The highest BCUT2D eigenvalue weighted by atomic mass is 16.1. The molecule has 0 aromatic carbocycles. The van der Waals surface area contributed by atoms with E-state index in [0.29, 0.717) is 5.56 Å². The van der Waals surface area contributed by atoms with Gasteiger partial charge in [0.2, 0.25) is 5.95 Å². The second-order valence-corrected chi connectivity index (χ2v) is 5.39. The van der Waals surface area contributed by atoms with Crippen LogP contribution in [0.2, 0.25) is 0 Å². The first kappa shape index (κ1) is 12.8. The SMILES string of the molecule is NC(=O)c1cnn(C2CCN(c3nnc4ccccn34)C2)c1. The summed E-state index contributed by atoms with van der Waals surface area (Å²) in [7, 11) is 0. The second kappa shape index (κ2) is 4.83. The highest BCUT2D eigenvalue weighted by molar-refractivity contribution is 5.92. The number of nitrogens with zero attached hydrogens (tertiary/aromatic N) is 6. The van der Waals surface area contributed by atoms with Crippen LogP contribution in [0, 0.1) is 0 Å². The van der Waals surface area contributed by atoms with Gasteiger partial charge >= 0.3 is 0 Å². The normalized spacial score (nSPS) is 18.2. The summed E-state index contributed by atoms with van der Waals surface area (Å²) in [5.74, 6) is 0.380. The number of pyridine rings is 1. The topological polar surface area (TPSA) is 94.3 Å². The lowest BCUT2D eigenvalue weighted by Gasteiger charge is -2.16. The molecule has 4 heterocycles. The molecule has 0 bridgehead atoms. The molecule has 112 valence electrons. The van der Waals surface area contributed by atoms with E-state index in [4.69, 9.17) is 5.73 Å². The van der Waals surface area contributed by atoms with Gasteiger partial charge in [-0.2, -0.15) is 5.10 Å². The van der Waals surface area contributed by atoms with Gasteiger partial charge in [0.1, 0.15) is 0 Å². The van der Waals surface area contributed by atoms with E-state index < -0.39 is 5.91 Å². The van der Waals surface area contributed by atoms with Gasteiger partial charge in [-0.05, 0) is 18.6 Å². The Bertz CT molecular complexity index is 836. The zero-order chi connectivity index (χ0) is 15.1. The lowest BCUT2D eigenvalue weighted by atomic mass is 10.3. The molecular formula is C14H15N7O. The van der Waals surface area contributed by atoms with E-state index in [-0.39, 0.29) is 6.04 Å². The molecule has 4 rings (SSSR count). The smallest absolute Gasteiger partial charge is 0.251 e. The van der Waals surface area contributed by atoms with Crippen molar-refractivity contribution in [2.24, 2.45) is 5.73 Å². The van der Waals surface area contributed by atoms with Crippen molar-refractivity contribution in [1.82, 2.24) is 24.4 Å². The molecule has 0 spiro atoms. The summed E-state index contributed by atoms with van der Waals surface area (Å²) in [5.41, 5.74) is 6.53. The minimum atomic E-state index is -0.454. The maximum atomic E-state index is 11.2. The molecule has 8 nitrogen and oxygen atoms in total. The molecule has 1 unspecified atom stereocenters. The highest BCUT2D eigenvalue weighted by Gasteiger charge is 2.27. The Morgan fingerprint density at radius 1 is 1.32 bits per heavy atom. The Morgan fingerprint density at radius 3 is 3.05 bits per heavy atom. The van der Waals surface area contributed by atoms with Crippen LogP contribution in [0.5, 0.6) is 0 Å². The van der Waals surface area contributed by atoms with Crippen LogP contribution in [0.25, 0.3) is 5.65 Å². The predicted molar refractivity (Wildman–Crippen MR) is 79.6 cm³/mol. The maximum Gasteiger partial charge on any atom is 0.251 e. The van der Waals surface area contributed by atoms with Gasteiger partial charge in [-0.15, -0.1) is 10.2 Å². The predicted octanol–water partition coefficient (Wildman–Crippen LogP) is 0.476. The first-order chi connectivity index (χ1) is 10.7. The maximum absolute atomic E-state index is 11.2. The zero-order valence-corrected chi connectivity index (χ0v) is 11.8. The Morgan fingerprint density at radius 2 is 2.23 bits per heavy atom. The number of nitrogens with two attached hydrogens (primary N) is 1. The number of hydrogen-bond acceptors (Lipinski definition) is 5. The van der Waals surface area contributed by atoms with E-state index in [2.05, 4.69) is 20.2 Å². The Hall–Kier alpha value is -2.90. The minimum absolute atomic E-state index is 0.198. The molecule has 1 saturated heterocycles. The van der Waals surface area contributed by atoms with Crippen LogP contribution in [0.3, 0.4) is 0 Å². The van der Waals surface area contributed by atoms with Crippen LogP contribution < -0.4 is 10.6 Å². The number of hydrogen-bond donors (Lipinski definition) is 1. The molecule has 1 atom stereocenters. The second-order valence-electron chi connectivity index (χ2n) is 5.39. The summed E-state index contributed by atoms with van der Waals surface area (Å²) < 4.78 is 3.78. The van der Waals surface area contributed by atoms with Crippen LogP contribution in [0.15, 0.2) is 36.8 Å². The third-order valence-corrected chi connectivity index (χ3v) is 4.00. The summed E-state index contributed by atoms with van der Waals surface area (Å²) in [5, 5.41) is 12.7. The fourth-order valence-corrected chi connectivity index (χ4v) is 2.85. The minimum Gasteiger partial charge on any atom is -0.366 e. The molecule has 22 heavy (non-hydrogen) atoms. The Kier molecular flexibility index (Phi) is 2.81. The van der Waals surface area contributed by atoms with Crippen molar-refractivity contribution < 1.29 is 4.79 Å². The lowest BCUT2D eigenvalue weighted by Crippen LogP contribution is -2.23. The number of rotatable bonds is 3. The molecule has 0 saturated carbocycles. The van der Waals surface area contributed by atoms with E-state index >= 15 is 0 Å². The molecule has 1 amide bonds. The van der Waals surface area contributed by atoms with Crippen LogP contribution in [-0.2, 0) is 0 Å². The van der Waals surface area contributed by atoms with Gasteiger partial charge in [0.15, 0.2) is 5.65 Å². The van der Waals surface area contributed by atoms with E-state index in [1.165, 1.54) is 6.20 Å². The van der Waals surface area contributed by atoms with Crippen molar-refractivity contribution in [2.75, 3.05) is 18.0 Å². The number of primary amides is 1. The molecule has 1 aliphatic heterocycles. The van der Waals surface area contributed by atoms with E-state index in [0.717, 1.165) is 31.1 Å². The van der Waals surface area contributed by atoms with Crippen molar-refractivity contribution in [1.29, 1.82) is 0 Å². The van der Waals surface area contributed by atoms with Crippen LogP contribution in [0.4, 0.5) is 5.95 Å². The summed E-state index contributed by atoms with van der Waals surface area (Å²) in [6.07, 6.45) is 6.11. The first-order valence-corrected chi connectivity index (χ1v) is 7.11. The van der Waals surface area contributed by atoms with Gasteiger partial charge in [0.05, 0.1) is 17.8 Å². The largest absolute Gasteiger partial charge is 0.366 e. The fourth-order valence-electron chi connectivity index (χ4n) is 2.85. The van der Waals surface area contributed by atoms with Gasteiger partial charge in [-0.1, -0.05) is 6.07 Å². The van der Waals surface area contributed by atoms with Crippen molar-refractivity contribution >= 4 is 17.5 Å². The Balaban J connectivity index is 1.58. The van der Waals surface area contributed by atoms with Gasteiger partial charge in [0.25, 0.3) is 5.91 Å². The highest BCUT2D eigenvalue weighted by Crippen LogP contribution is 2.25. The quantitative estimate of drug-likeness (QED) is 0.758. The standard InChI is InChI=1S/C14H15N7O/c15-13(22)10-7-16-21(8-10)11-4-6-19(9-11)14-18-17-12-3-1-2-5-20(12)14/h1-3,5,7-8,11H,4,6,9H2,(H2,15,22). The molecule has 3 aromatic heterocycles. The summed E-state index contributed by atoms with van der Waals surface area (Å²) in [4.78, 5) is 13.3. The average molecular weight is 297 g/mol. The monoisotopic (exact) mass is 297 g/mol. The lowest BCUT2D eigenvalue weighted by molar-refractivity contribution is 0.1000. The molecule has 3 aromatic rings. The van der Waals surface area contributed by atoms with Gasteiger partial charge in [-0.3, -0.25) is 13.9 Å². The molecular weight excluding hydrogens is 282 g/mol. The van der Waals surface area contributed by atoms with Gasteiger partial charge < -0.3 is 10.6 Å². The number of fused-ring (bicyclic) bond motifs is 1. The van der Waals surface area contributed by atoms with Crippen LogP contribution >= 0.6 is 0 Å². The molecule has 1 fully saturated rings. The van der Waals surface area contributed by atoms with E-state index in [9.17, 15) is 4.79 Å². The molecule has 8 heteroatoms. The zero-order valence-electron chi connectivity index (χ0n) is 11.8. The van der Waals surface area contributed by atoms with Gasteiger partial charge in [-0.25, -0.2) is 0 Å². The summed E-state index contributed by atoms with van der Waals surface area (Å²) in [6.45, 7) is 1.64. The van der Waals surface area contributed by atoms with E-state index in [1.54, 1.807) is 6.20 Å². The van der Waals surface area contributed by atoms with Crippen molar-refractivity contribution in [3.8, 4) is 0 Å². The van der Waals surface area contributed by atoms with Crippen molar-refractivity contribution in [3.63, 3.8) is 0 Å². The van der Waals surface area contributed by atoms with E-state index in [1.807, 2.05) is 33.5 Å². The number of amides is 1. The molecule has 0 aliphatic carbocycles. The molecule has 1 aliphatic rings. The number of carbonyl (C=O) groups is 1. The molecule has 0 radical (unpaired) electrons. The van der Waals surface area contributed by atoms with Crippen LogP contribution in [0.1, 0.15) is 22.8 Å².